The van der Waals surface area contributed by atoms with Crippen LogP contribution in [-0.4, -0.2) is 35.3 Å². The number of nitrogens with zero attached hydrogens (tertiary/aromatic N) is 5. The summed E-state index contributed by atoms with van der Waals surface area (Å²) in [6.07, 6.45) is 2.89. The van der Waals surface area contributed by atoms with E-state index in [1.54, 1.807) is 11.2 Å². The number of aliphatic imine (C=N–C) groups is 1. The molecule has 0 fully saturated rings. The van der Waals surface area contributed by atoms with Crippen LogP contribution in [0.5, 0.6) is 0 Å². The number of hydrogen-bond donors (Lipinski definition) is 0. The second-order valence-electron chi connectivity index (χ2n) is 2.70. The lowest BCUT2D eigenvalue weighted by Gasteiger charge is -2.02. The molecule has 14 heavy (non-hydrogen) atoms. The van der Waals surface area contributed by atoms with Crippen LogP contribution in [0.15, 0.2) is 11.2 Å². The zero-order valence-electron chi connectivity index (χ0n) is 7.77. The molecular formula is C8H8ClN5. The van der Waals surface area contributed by atoms with E-state index in [2.05, 4.69) is 15.0 Å². The summed E-state index contributed by atoms with van der Waals surface area (Å²) in [7, 11) is 3.64. The van der Waals surface area contributed by atoms with E-state index >= 15 is 0 Å². The lowest BCUT2D eigenvalue weighted by Crippen LogP contribution is -2.07. The molecule has 5 nitrogen and oxygen atoms in total. The van der Waals surface area contributed by atoms with E-state index < -0.39 is 0 Å². The molecule has 0 aromatic carbocycles. The van der Waals surface area contributed by atoms with Gasteiger partial charge in [-0.05, 0) is 11.6 Å². The van der Waals surface area contributed by atoms with Crippen LogP contribution >= 0.6 is 11.6 Å². The predicted octanol–water partition coefficient (Wildman–Crippen LogP) is 1.22. The second-order valence-corrected chi connectivity index (χ2v) is 3.03. The molecule has 0 aliphatic rings. The Morgan fingerprint density at radius 3 is 2.93 bits per heavy atom. The van der Waals surface area contributed by atoms with Crippen LogP contribution in [0.1, 0.15) is 5.56 Å². The fourth-order valence-corrected chi connectivity index (χ4v) is 0.828. The SMILES string of the molecule is CN(C)C=Nc1nc(Cl)ncc1C#N. The highest BCUT2D eigenvalue weighted by molar-refractivity contribution is 6.28. The van der Waals surface area contributed by atoms with Gasteiger partial charge < -0.3 is 4.90 Å². The maximum absolute atomic E-state index is 8.71. The van der Waals surface area contributed by atoms with Crippen molar-refractivity contribution >= 4 is 23.8 Å². The van der Waals surface area contributed by atoms with E-state index in [0.717, 1.165) is 0 Å². The molecule has 0 aliphatic heterocycles. The molecule has 0 N–H and O–H groups in total. The van der Waals surface area contributed by atoms with Crippen LogP contribution in [0.2, 0.25) is 5.28 Å². The van der Waals surface area contributed by atoms with Gasteiger partial charge in [0.15, 0.2) is 5.82 Å². The smallest absolute Gasteiger partial charge is 0.224 e. The summed E-state index contributed by atoms with van der Waals surface area (Å²) in [5, 5.41) is 8.79. The van der Waals surface area contributed by atoms with Gasteiger partial charge in [0.1, 0.15) is 11.6 Å². The maximum atomic E-state index is 8.71. The van der Waals surface area contributed by atoms with Crippen molar-refractivity contribution in [1.82, 2.24) is 14.9 Å². The predicted molar refractivity (Wildman–Crippen MR) is 53.6 cm³/mol. The molecular weight excluding hydrogens is 202 g/mol. The first kappa shape index (κ1) is 10.4. The van der Waals surface area contributed by atoms with Gasteiger partial charge in [-0.1, -0.05) is 0 Å². The first-order valence-electron chi connectivity index (χ1n) is 3.76. The summed E-state index contributed by atoms with van der Waals surface area (Å²) in [4.78, 5) is 13.2. The van der Waals surface area contributed by atoms with Crippen LogP contribution in [-0.2, 0) is 0 Å². The molecule has 0 spiro atoms. The van der Waals surface area contributed by atoms with E-state index in [4.69, 9.17) is 16.9 Å². The Balaban J connectivity index is 3.06. The third-order valence-corrected chi connectivity index (χ3v) is 1.45. The van der Waals surface area contributed by atoms with Gasteiger partial charge in [0.05, 0.1) is 12.5 Å². The molecule has 1 heterocycles. The van der Waals surface area contributed by atoms with Crippen molar-refractivity contribution in [2.75, 3.05) is 14.1 Å². The van der Waals surface area contributed by atoms with E-state index in [-0.39, 0.29) is 11.1 Å². The molecule has 0 saturated heterocycles. The zero-order chi connectivity index (χ0) is 10.6. The van der Waals surface area contributed by atoms with Crippen LogP contribution in [0.4, 0.5) is 5.82 Å². The quantitative estimate of drug-likeness (QED) is 0.417. The molecule has 0 bridgehead atoms. The highest BCUT2D eigenvalue weighted by Gasteiger charge is 2.03. The molecule has 0 atom stereocenters. The van der Waals surface area contributed by atoms with E-state index in [0.29, 0.717) is 5.56 Å². The molecule has 6 heteroatoms. The molecule has 1 aromatic heterocycles. The largest absolute Gasteiger partial charge is 0.369 e. The lowest BCUT2D eigenvalue weighted by atomic mass is 10.3. The fraction of sp³-hybridized carbons (Fsp3) is 0.250. The Morgan fingerprint density at radius 2 is 2.36 bits per heavy atom. The highest BCUT2D eigenvalue weighted by Crippen LogP contribution is 2.15. The summed E-state index contributed by atoms with van der Waals surface area (Å²) >= 11 is 5.57. The van der Waals surface area contributed by atoms with E-state index in [1.165, 1.54) is 6.20 Å². The minimum Gasteiger partial charge on any atom is -0.369 e. The zero-order valence-corrected chi connectivity index (χ0v) is 8.52. The molecule has 72 valence electrons. The molecule has 1 aromatic rings. The third kappa shape index (κ3) is 2.68. The molecule has 0 aliphatic carbocycles. The van der Waals surface area contributed by atoms with Gasteiger partial charge in [0.2, 0.25) is 5.28 Å². The van der Waals surface area contributed by atoms with Crippen molar-refractivity contribution in [2.45, 2.75) is 0 Å². The fourth-order valence-electron chi connectivity index (χ4n) is 0.699. The van der Waals surface area contributed by atoms with Crippen molar-refractivity contribution in [3.63, 3.8) is 0 Å². The van der Waals surface area contributed by atoms with Gasteiger partial charge in [-0.3, -0.25) is 0 Å². The summed E-state index contributed by atoms with van der Waals surface area (Å²) in [5.74, 6) is 0.279. The average molecular weight is 210 g/mol. The summed E-state index contributed by atoms with van der Waals surface area (Å²) in [5.41, 5.74) is 0.299. The maximum Gasteiger partial charge on any atom is 0.224 e. The number of aromatic nitrogens is 2. The van der Waals surface area contributed by atoms with Crippen LogP contribution in [0, 0.1) is 11.3 Å². The second kappa shape index (κ2) is 4.53. The third-order valence-electron chi connectivity index (χ3n) is 1.27. The average Bonchev–Trinajstić information content (AvgIpc) is 2.15. The van der Waals surface area contributed by atoms with Gasteiger partial charge in [-0.2, -0.15) is 10.2 Å². The Morgan fingerprint density at radius 1 is 1.64 bits per heavy atom. The van der Waals surface area contributed by atoms with Crippen molar-refractivity contribution in [3.05, 3.63) is 17.0 Å². The van der Waals surface area contributed by atoms with Crippen LogP contribution in [0.25, 0.3) is 0 Å². The Hall–Kier alpha value is -1.67. The molecule has 0 unspecified atom stereocenters. The Labute approximate surface area is 86.7 Å². The highest BCUT2D eigenvalue weighted by atomic mass is 35.5. The topological polar surface area (TPSA) is 65.2 Å². The Kier molecular flexibility index (Phi) is 3.37. The van der Waals surface area contributed by atoms with Crippen molar-refractivity contribution in [2.24, 2.45) is 4.99 Å². The van der Waals surface area contributed by atoms with Crippen molar-refractivity contribution in [3.8, 4) is 6.07 Å². The Bertz CT molecular complexity index is 393. The van der Waals surface area contributed by atoms with Gasteiger partial charge in [-0.25, -0.2) is 9.98 Å². The monoisotopic (exact) mass is 209 g/mol. The number of hydrogen-bond acceptors (Lipinski definition) is 4. The van der Waals surface area contributed by atoms with Gasteiger partial charge >= 0.3 is 0 Å². The number of rotatable bonds is 2. The van der Waals surface area contributed by atoms with Gasteiger partial charge in [-0.15, -0.1) is 0 Å². The summed E-state index contributed by atoms with van der Waals surface area (Å²) in [6.45, 7) is 0. The standard InChI is InChI=1S/C8H8ClN5/c1-14(2)5-12-7-6(3-10)4-11-8(9)13-7/h4-5H,1-2H3. The molecule has 0 amide bonds. The molecule has 0 radical (unpaired) electrons. The van der Waals surface area contributed by atoms with Crippen LogP contribution < -0.4 is 0 Å². The summed E-state index contributed by atoms with van der Waals surface area (Å²) in [6, 6.07) is 1.93. The first-order valence-corrected chi connectivity index (χ1v) is 4.14. The molecule has 1 rings (SSSR count). The van der Waals surface area contributed by atoms with Gasteiger partial charge in [0, 0.05) is 14.1 Å². The minimum atomic E-state index is 0.0786. The van der Waals surface area contributed by atoms with Crippen molar-refractivity contribution < 1.29 is 0 Å². The van der Waals surface area contributed by atoms with E-state index in [9.17, 15) is 0 Å². The minimum absolute atomic E-state index is 0.0786. The number of nitriles is 1. The van der Waals surface area contributed by atoms with Gasteiger partial charge in [0.25, 0.3) is 0 Å². The first-order chi connectivity index (χ1) is 6.63. The normalized spacial score (nSPS) is 10.1. The van der Waals surface area contributed by atoms with Crippen LogP contribution in [0.3, 0.4) is 0 Å². The van der Waals surface area contributed by atoms with Crippen molar-refractivity contribution in [1.29, 1.82) is 5.26 Å². The van der Waals surface area contributed by atoms with E-state index in [1.807, 2.05) is 20.2 Å². The summed E-state index contributed by atoms with van der Waals surface area (Å²) < 4.78 is 0. The molecule has 0 saturated carbocycles. The number of halogens is 1. The lowest BCUT2D eigenvalue weighted by molar-refractivity contribution is 0.643.